The van der Waals surface area contributed by atoms with Gasteiger partial charge >= 0.3 is 0 Å². The van der Waals surface area contributed by atoms with Gasteiger partial charge in [-0.1, -0.05) is 140 Å². The Hall–Kier alpha value is -8.68. The van der Waals surface area contributed by atoms with Gasteiger partial charge in [0.15, 0.2) is 0 Å². The lowest BCUT2D eigenvalue weighted by Gasteiger charge is -2.30. The number of nitrogens with zero attached hydrogens (tertiary/aromatic N) is 3. The molecule has 0 atom stereocenters. The maximum Gasteiger partial charge on any atom is 0.119 e. The average molecular weight is 948 g/mol. The van der Waals surface area contributed by atoms with E-state index >= 15 is 0 Å². The van der Waals surface area contributed by atoms with E-state index in [2.05, 4.69) is 257 Å². The summed E-state index contributed by atoms with van der Waals surface area (Å²) < 4.78 is 10.6. The number of hydrogen-bond donors (Lipinski definition) is 0. The summed E-state index contributed by atoms with van der Waals surface area (Å²) in [5.41, 5.74) is 12.1. The highest BCUT2D eigenvalue weighted by atomic mass is 32.1. The molecule has 0 aliphatic rings. The molecule has 0 N–H and O–H groups in total. The number of benzene rings is 11. The van der Waals surface area contributed by atoms with Crippen molar-refractivity contribution in [3.63, 3.8) is 0 Å². The minimum absolute atomic E-state index is 0.810. The molecule has 2 heterocycles. The highest BCUT2D eigenvalue weighted by molar-refractivity contribution is 7.26. The van der Waals surface area contributed by atoms with E-state index in [0.717, 1.165) is 56.9 Å². The molecule has 11 aromatic carbocycles. The third-order valence-corrected chi connectivity index (χ3v) is 15.8. The van der Waals surface area contributed by atoms with Gasteiger partial charge in [0.1, 0.15) is 5.75 Å². The van der Waals surface area contributed by atoms with Gasteiger partial charge in [-0.3, -0.25) is 0 Å². The van der Waals surface area contributed by atoms with Gasteiger partial charge in [-0.2, -0.15) is 0 Å². The highest BCUT2D eigenvalue weighted by Gasteiger charge is 2.25. The van der Waals surface area contributed by atoms with Crippen molar-refractivity contribution < 1.29 is 4.74 Å². The predicted octanol–water partition coefficient (Wildman–Crippen LogP) is 19.7. The maximum absolute atomic E-state index is 5.68. The highest BCUT2D eigenvalue weighted by Crippen LogP contribution is 2.52. The van der Waals surface area contributed by atoms with Crippen LogP contribution in [0.25, 0.3) is 62.2 Å². The summed E-state index contributed by atoms with van der Waals surface area (Å²) in [6.07, 6.45) is 0. The number of para-hydroxylation sites is 2. The molecule has 71 heavy (non-hydrogen) atoms. The van der Waals surface area contributed by atoms with E-state index in [0.29, 0.717) is 0 Å². The SMILES string of the molecule is COc1ccc(N(c2ccc(-c3ccccc3)cc2)c2cc(N(c3ccccc3)c3ccccc3)c3c(c2)sc2ccc(N(c4ccc5ccccc5c4)c4cccc5c4sc4ccccc45)cc23)cc1. The van der Waals surface area contributed by atoms with Crippen molar-refractivity contribution in [1.29, 1.82) is 0 Å². The number of thiophene rings is 2. The fraction of sp³-hybridized carbons (Fsp3) is 0.0154. The summed E-state index contributed by atoms with van der Waals surface area (Å²) in [5, 5.41) is 7.35. The molecule has 2 aromatic heterocycles. The molecular weight excluding hydrogens is 903 g/mol. The Labute approximate surface area is 420 Å². The van der Waals surface area contributed by atoms with Crippen LogP contribution >= 0.6 is 22.7 Å². The molecule has 338 valence electrons. The summed E-state index contributed by atoms with van der Waals surface area (Å²) >= 11 is 3.70. The van der Waals surface area contributed by atoms with Crippen LogP contribution in [0.3, 0.4) is 0 Å². The second-order valence-corrected chi connectivity index (χ2v) is 19.8. The molecule has 0 radical (unpaired) electrons. The zero-order valence-electron chi connectivity index (χ0n) is 38.8. The van der Waals surface area contributed by atoms with Gasteiger partial charge < -0.3 is 19.4 Å². The predicted molar refractivity (Wildman–Crippen MR) is 306 cm³/mol. The van der Waals surface area contributed by atoms with E-state index in [-0.39, 0.29) is 0 Å². The van der Waals surface area contributed by atoms with E-state index in [4.69, 9.17) is 4.74 Å². The van der Waals surface area contributed by atoms with E-state index in [9.17, 15) is 0 Å². The van der Waals surface area contributed by atoms with Crippen molar-refractivity contribution in [1.82, 2.24) is 0 Å². The molecule has 0 saturated carbocycles. The standard InChI is InChI=1S/C65H45N3OS2/c1-69-55-37-34-51(35-38-55)66(50-31-28-46(29-32-50)44-16-5-2-6-17-44)54-42-60(67(48-20-7-3-8-21-48)49-22-9-4-10-23-49)64-58-41-53(36-39-62(58)70-63(64)43-54)68(52-33-30-45-18-11-12-19-47(45)40-52)59-26-15-25-57-56-24-13-14-27-61(56)71-65(57)59/h2-43H,1H3. The molecule has 13 aromatic rings. The number of hydrogen-bond acceptors (Lipinski definition) is 6. The lowest BCUT2D eigenvalue weighted by Crippen LogP contribution is -2.13. The molecule has 0 aliphatic heterocycles. The van der Waals surface area contributed by atoms with Crippen LogP contribution < -0.4 is 19.4 Å². The molecular formula is C65H45N3OS2. The molecule has 4 nitrogen and oxygen atoms in total. The Bertz CT molecular complexity index is 4000. The maximum atomic E-state index is 5.68. The minimum Gasteiger partial charge on any atom is -0.497 e. The molecule has 6 heteroatoms. The molecule has 0 unspecified atom stereocenters. The van der Waals surface area contributed by atoms with Crippen molar-refractivity contribution in [2.24, 2.45) is 0 Å². The second-order valence-electron chi connectivity index (χ2n) is 17.7. The van der Waals surface area contributed by atoms with E-state index in [1.807, 2.05) is 34.8 Å². The Balaban J connectivity index is 1.07. The minimum atomic E-state index is 0.810. The molecule has 0 bridgehead atoms. The van der Waals surface area contributed by atoms with Crippen molar-refractivity contribution in [2.75, 3.05) is 21.8 Å². The van der Waals surface area contributed by atoms with Gasteiger partial charge in [-0.05, 0) is 137 Å². The van der Waals surface area contributed by atoms with E-state index < -0.39 is 0 Å². The van der Waals surface area contributed by atoms with Crippen LogP contribution in [0.5, 0.6) is 5.75 Å². The van der Waals surface area contributed by atoms with Gasteiger partial charge in [-0.25, -0.2) is 0 Å². The first kappa shape index (κ1) is 42.4. The lowest BCUT2D eigenvalue weighted by atomic mass is 10.0. The van der Waals surface area contributed by atoms with Crippen LogP contribution in [0.2, 0.25) is 0 Å². The van der Waals surface area contributed by atoms with Crippen LogP contribution in [-0.4, -0.2) is 7.11 Å². The number of fused-ring (bicyclic) bond motifs is 7. The fourth-order valence-corrected chi connectivity index (χ4v) is 12.5. The molecule has 0 amide bonds. The average Bonchev–Trinajstić information content (AvgIpc) is 4.01. The van der Waals surface area contributed by atoms with E-state index in [1.165, 1.54) is 62.2 Å². The van der Waals surface area contributed by atoms with Crippen LogP contribution in [0.15, 0.2) is 255 Å². The van der Waals surface area contributed by atoms with Gasteiger partial charge in [0.25, 0.3) is 0 Å². The summed E-state index contributed by atoms with van der Waals surface area (Å²) in [6.45, 7) is 0. The van der Waals surface area contributed by atoms with Crippen molar-refractivity contribution in [3.8, 4) is 16.9 Å². The first-order chi connectivity index (χ1) is 35.1. The summed E-state index contributed by atoms with van der Waals surface area (Å²) in [6, 6.07) is 92.3. The third-order valence-electron chi connectivity index (χ3n) is 13.5. The smallest absolute Gasteiger partial charge is 0.119 e. The number of methoxy groups -OCH3 is 1. The zero-order valence-corrected chi connectivity index (χ0v) is 40.4. The Morgan fingerprint density at radius 3 is 1.59 bits per heavy atom. The van der Waals surface area contributed by atoms with E-state index in [1.54, 1.807) is 7.11 Å². The number of anilines is 9. The topological polar surface area (TPSA) is 19.0 Å². The quantitative estimate of drug-likeness (QED) is 0.129. The summed E-state index contributed by atoms with van der Waals surface area (Å²) in [7, 11) is 1.72. The molecule has 0 saturated heterocycles. The van der Waals surface area contributed by atoms with Crippen LogP contribution in [-0.2, 0) is 0 Å². The Morgan fingerprint density at radius 1 is 0.310 bits per heavy atom. The van der Waals surface area contributed by atoms with Crippen LogP contribution in [0.1, 0.15) is 0 Å². The molecule has 13 rings (SSSR count). The van der Waals surface area contributed by atoms with Gasteiger partial charge in [-0.15, -0.1) is 22.7 Å². The van der Waals surface area contributed by atoms with Gasteiger partial charge in [0.05, 0.1) is 23.2 Å². The van der Waals surface area contributed by atoms with Crippen LogP contribution in [0.4, 0.5) is 51.2 Å². The van der Waals surface area contributed by atoms with Crippen molar-refractivity contribution >= 4 is 125 Å². The third kappa shape index (κ3) is 7.71. The normalized spacial score (nSPS) is 11.5. The molecule has 0 spiro atoms. The first-order valence-corrected chi connectivity index (χ1v) is 25.5. The van der Waals surface area contributed by atoms with Crippen molar-refractivity contribution in [3.05, 3.63) is 255 Å². The molecule has 0 aliphatic carbocycles. The fourth-order valence-electron chi connectivity index (χ4n) is 10.1. The lowest BCUT2D eigenvalue weighted by molar-refractivity contribution is 0.415. The largest absolute Gasteiger partial charge is 0.497 e. The van der Waals surface area contributed by atoms with Crippen molar-refractivity contribution in [2.45, 2.75) is 0 Å². The summed E-state index contributed by atoms with van der Waals surface area (Å²) in [4.78, 5) is 7.26. The monoisotopic (exact) mass is 947 g/mol. The van der Waals surface area contributed by atoms with Crippen LogP contribution in [0, 0.1) is 0 Å². The summed E-state index contributed by atoms with van der Waals surface area (Å²) in [5.74, 6) is 0.810. The zero-order chi connectivity index (χ0) is 47.3. The molecule has 0 fully saturated rings. The Morgan fingerprint density at radius 2 is 0.859 bits per heavy atom. The second kappa shape index (κ2) is 18.0. The number of ether oxygens (including phenoxy) is 1. The first-order valence-electron chi connectivity index (χ1n) is 23.8. The van der Waals surface area contributed by atoms with Gasteiger partial charge in [0, 0.05) is 75.5 Å². The van der Waals surface area contributed by atoms with Gasteiger partial charge in [0.2, 0.25) is 0 Å². The Kier molecular flexibility index (Phi) is 10.8. The number of rotatable bonds is 11.